The van der Waals surface area contributed by atoms with Crippen LogP contribution in [0, 0.1) is 5.92 Å². The van der Waals surface area contributed by atoms with Crippen molar-refractivity contribution in [3.8, 4) is 0 Å². The van der Waals surface area contributed by atoms with Gasteiger partial charge in [0, 0.05) is 18.6 Å². The molecule has 2 rings (SSSR count). The lowest BCUT2D eigenvalue weighted by Gasteiger charge is -2.07. The summed E-state index contributed by atoms with van der Waals surface area (Å²) in [5.74, 6) is -0.265. The summed E-state index contributed by atoms with van der Waals surface area (Å²) in [7, 11) is 0. The third-order valence-electron chi connectivity index (χ3n) is 4.60. The van der Waals surface area contributed by atoms with E-state index in [1.165, 1.54) is 44.9 Å². The van der Waals surface area contributed by atoms with Gasteiger partial charge >= 0.3 is 5.97 Å². The van der Waals surface area contributed by atoms with Crippen LogP contribution in [-0.2, 0) is 16.1 Å². The standard InChI is InChI=1S/C22H32NO2/c24-22(21-15-9-10-16-21)25-20-14-7-5-3-1-2-4-6-11-17-23-18-12-8-13-19-23/h8-10,12-13,15-16,18-19,21H,1-7,11,14,17,20H2/q+1. The van der Waals surface area contributed by atoms with Crippen molar-refractivity contribution in [2.24, 2.45) is 5.92 Å². The highest BCUT2D eigenvalue weighted by atomic mass is 16.5. The van der Waals surface area contributed by atoms with Crippen molar-refractivity contribution in [3.05, 3.63) is 54.9 Å². The van der Waals surface area contributed by atoms with Crippen molar-refractivity contribution in [3.63, 3.8) is 0 Å². The number of hydrogen-bond acceptors (Lipinski definition) is 2. The summed E-state index contributed by atoms with van der Waals surface area (Å²) in [5.41, 5.74) is 0. The molecule has 0 saturated carbocycles. The zero-order valence-electron chi connectivity index (χ0n) is 15.3. The van der Waals surface area contributed by atoms with E-state index in [1.807, 2.05) is 24.3 Å². The van der Waals surface area contributed by atoms with Crippen molar-refractivity contribution < 1.29 is 14.1 Å². The molecule has 3 heteroatoms. The smallest absolute Gasteiger partial charge is 0.316 e. The van der Waals surface area contributed by atoms with Crippen LogP contribution in [0.25, 0.3) is 0 Å². The second-order valence-electron chi connectivity index (χ2n) is 6.76. The molecule has 0 aliphatic heterocycles. The molecule has 1 heterocycles. The molecule has 1 aromatic rings. The van der Waals surface area contributed by atoms with E-state index in [9.17, 15) is 4.79 Å². The largest absolute Gasteiger partial charge is 0.465 e. The van der Waals surface area contributed by atoms with E-state index < -0.39 is 0 Å². The first kappa shape index (κ1) is 19.4. The summed E-state index contributed by atoms with van der Waals surface area (Å²) < 4.78 is 7.55. The number of rotatable bonds is 13. The van der Waals surface area contributed by atoms with Crippen molar-refractivity contribution in [2.45, 2.75) is 64.3 Å². The van der Waals surface area contributed by atoms with Crippen LogP contribution in [0.2, 0.25) is 0 Å². The van der Waals surface area contributed by atoms with E-state index in [0.29, 0.717) is 6.61 Å². The number of ether oxygens (including phenoxy) is 1. The molecule has 0 N–H and O–H groups in total. The first-order valence-corrected chi connectivity index (χ1v) is 9.82. The van der Waals surface area contributed by atoms with Gasteiger partial charge in [-0.15, -0.1) is 0 Å². The number of aryl methyl sites for hydroxylation is 1. The monoisotopic (exact) mass is 342 g/mol. The highest BCUT2D eigenvalue weighted by Gasteiger charge is 2.14. The molecule has 0 fully saturated rings. The van der Waals surface area contributed by atoms with Crippen molar-refractivity contribution in [1.82, 2.24) is 0 Å². The molecule has 0 aromatic carbocycles. The first-order valence-electron chi connectivity index (χ1n) is 9.82. The second-order valence-corrected chi connectivity index (χ2v) is 6.76. The molecule has 1 aliphatic rings. The van der Waals surface area contributed by atoms with Gasteiger partial charge in [-0.25, -0.2) is 4.57 Å². The number of allylic oxidation sites excluding steroid dienone is 2. The Morgan fingerprint density at radius 3 is 1.96 bits per heavy atom. The molecule has 1 aromatic heterocycles. The Kier molecular flexibility index (Phi) is 9.68. The SMILES string of the molecule is O=C(OCCCCCCCCCCC[n+]1ccccc1)C1C=CC=C1. The Morgan fingerprint density at radius 2 is 1.32 bits per heavy atom. The fourth-order valence-corrected chi connectivity index (χ4v) is 3.08. The average Bonchev–Trinajstić information content (AvgIpc) is 3.18. The van der Waals surface area contributed by atoms with Gasteiger partial charge in [0.2, 0.25) is 0 Å². The molecule has 0 radical (unpaired) electrons. The van der Waals surface area contributed by atoms with Gasteiger partial charge in [-0.3, -0.25) is 4.79 Å². The zero-order chi connectivity index (χ0) is 17.6. The first-order chi connectivity index (χ1) is 12.4. The molecule has 0 amide bonds. The van der Waals surface area contributed by atoms with Crippen LogP contribution in [0.15, 0.2) is 54.9 Å². The van der Waals surface area contributed by atoms with Crippen LogP contribution in [-0.4, -0.2) is 12.6 Å². The molecule has 0 bridgehead atoms. The molecule has 0 atom stereocenters. The Labute approximate surface area is 152 Å². The average molecular weight is 343 g/mol. The number of unbranched alkanes of at least 4 members (excludes halogenated alkanes) is 8. The number of esters is 1. The van der Waals surface area contributed by atoms with E-state index in [0.717, 1.165) is 19.4 Å². The number of pyridine rings is 1. The molecule has 3 nitrogen and oxygen atoms in total. The highest BCUT2D eigenvalue weighted by molar-refractivity contribution is 5.77. The second kappa shape index (κ2) is 12.5. The van der Waals surface area contributed by atoms with E-state index >= 15 is 0 Å². The fourth-order valence-electron chi connectivity index (χ4n) is 3.08. The topological polar surface area (TPSA) is 30.2 Å². The minimum atomic E-state index is -0.153. The van der Waals surface area contributed by atoms with E-state index in [2.05, 4.69) is 35.2 Å². The third kappa shape index (κ3) is 8.67. The number of aromatic nitrogens is 1. The minimum Gasteiger partial charge on any atom is -0.465 e. The molecule has 1 aliphatic carbocycles. The van der Waals surface area contributed by atoms with Gasteiger partial charge in [0.25, 0.3) is 0 Å². The maximum Gasteiger partial charge on any atom is 0.316 e. The Bertz CT molecular complexity index is 524. The molecular formula is C22H32NO2+. The molecule has 136 valence electrons. The lowest BCUT2D eigenvalue weighted by molar-refractivity contribution is -0.697. The van der Waals surface area contributed by atoms with Crippen molar-refractivity contribution in [2.75, 3.05) is 6.61 Å². The molecule has 25 heavy (non-hydrogen) atoms. The maximum absolute atomic E-state index is 11.7. The molecular weight excluding hydrogens is 310 g/mol. The van der Waals surface area contributed by atoms with Crippen LogP contribution in [0.4, 0.5) is 0 Å². The van der Waals surface area contributed by atoms with Crippen LogP contribution in [0.5, 0.6) is 0 Å². The molecule has 0 saturated heterocycles. The van der Waals surface area contributed by atoms with E-state index in [-0.39, 0.29) is 11.9 Å². The fraction of sp³-hybridized carbons (Fsp3) is 0.545. The van der Waals surface area contributed by atoms with Crippen molar-refractivity contribution in [1.29, 1.82) is 0 Å². The summed E-state index contributed by atoms with van der Waals surface area (Å²) in [6.07, 6.45) is 23.1. The minimum absolute atomic E-state index is 0.112. The predicted octanol–water partition coefficient (Wildman–Crippen LogP) is 4.77. The van der Waals surface area contributed by atoms with E-state index in [1.54, 1.807) is 0 Å². The van der Waals surface area contributed by atoms with Crippen molar-refractivity contribution >= 4 is 5.97 Å². The van der Waals surface area contributed by atoms with Crippen LogP contribution in [0.1, 0.15) is 57.8 Å². The van der Waals surface area contributed by atoms with Gasteiger partial charge in [0.15, 0.2) is 12.4 Å². The van der Waals surface area contributed by atoms with Gasteiger partial charge < -0.3 is 4.74 Å². The molecule has 0 spiro atoms. The summed E-state index contributed by atoms with van der Waals surface area (Å²) in [6, 6.07) is 6.23. The Hall–Kier alpha value is -1.90. The van der Waals surface area contributed by atoms with E-state index in [4.69, 9.17) is 4.74 Å². The maximum atomic E-state index is 11.7. The normalized spacial score (nSPS) is 13.4. The number of nitrogens with zero attached hydrogens (tertiary/aromatic N) is 1. The summed E-state index contributed by atoms with van der Waals surface area (Å²) in [6.45, 7) is 1.69. The van der Waals surface area contributed by atoms with Gasteiger partial charge in [-0.1, -0.05) is 68.9 Å². The van der Waals surface area contributed by atoms with Crippen LogP contribution < -0.4 is 4.57 Å². The summed E-state index contributed by atoms with van der Waals surface area (Å²) in [4.78, 5) is 11.7. The number of carbonyl (C=O) groups excluding carboxylic acids is 1. The third-order valence-corrected chi connectivity index (χ3v) is 4.60. The number of carbonyl (C=O) groups is 1. The summed E-state index contributed by atoms with van der Waals surface area (Å²) >= 11 is 0. The van der Waals surface area contributed by atoms with Crippen LogP contribution in [0.3, 0.4) is 0 Å². The van der Waals surface area contributed by atoms with Gasteiger partial charge in [-0.05, 0) is 12.8 Å². The lowest BCUT2D eigenvalue weighted by Crippen LogP contribution is -2.32. The predicted molar refractivity (Wildman–Crippen MR) is 101 cm³/mol. The van der Waals surface area contributed by atoms with Gasteiger partial charge in [0.1, 0.15) is 6.54 Å². The summed E-state index contributed by atoms with van der Waals surface area (Å²) in [5, 5.41) is 0. The lowest BCUT2D eigenvalue weighted by atomic mass is 10.1. The number of hydrogen-bond donors (Lipinski definition) is 0. The van der Waals surface area contributed by atoms with Gasteiger partial charge in [0.05, 0.1) is 12.5 Å². The quantitative estimate of drug-likeness (QED) is 0.294. The zero-order valence-corrected chi connectivity index (χ0v) is 15.3. The molecule has 0 unspecified atom stereocenters. The Balaban J connectivity index is 1.31. The van der Waals surface area contributed by atoms with Crippen LogP contribution >= 0.6 is 0 Å². The Morgan fingerprint density at radius 1 is 0.760 bits per heavy atom. The highest BCUT2D eigenvalue weighted by Crippen LogP contribution is 2.12. The van der Waals surface area contributed by atoms with Gasteiger partial charge in [-0.2, -0.15) is 0 Å².